The van der Waals surface area contributed by atoms with Crippen LogP contribution in [0.2, 0.25) is 0 Å². The number of fused-ring (bicyclic) bond motifs is 1. The lowest BCUT2D eigenvalue weighted by Crippen LogP contribution is -2.51. The molecule has 0 spiro atoms. The highest BCUT2D eigenvalue weighted by Gasteiger charge is 2.34. The van der Waals surface area contributed by atoms with Crippen molar-refractivity contribution in [1.29, 1.82) is 0 Å². The second-order valence-corrected chi connectivity index (χ2v) is 11.4. The van der Waals surface area contributed by atoms with Gasteiger partial charge in [-0.3, -0.25) is 9.52 Å². The summed E-state index contributed by atoms with van der Waals surface area (Å²) in [6.07, 6.45) is 2.27. The van der Waals surface area contributed by atoms with Crippen LogP contribution >= 0.6 is 0 Å². The van der Waals surface area contributed by atoms with Gasteiger partial charge < -0.3 is 29.5 Å². The van der Waals surface area contributed by atoms with E-state index in [1.54, 1.807) is 25.9 Å². The molecule has 0 saturated carbocycles. The summed E-state index contributed by atoms with van der Waals surface area (Å²) >= 11 is 0. The third-order valence-corrected chi connectivity index (χ3v) is 7.35. The van der Waals surface area contributed by atoms with Crippen LogP contribution in [0.5, 0.6) is 5.75 Å². The number of nitrogens with zero attached hydrogens (tertiary/aromatic N) is 4. The second-order valence-electron chi connectivity index (χ2n) is 9.80. The molecule has 0 saturated heterocycles. The fourth-order valence-corrected chi connectivity index (χ4v) is 4.98. The molecular formula is C24H36N6O6S. The lowest BCUT2D eigenvalue weighted by molar-refractivity contribution is 0.0366. The Morgan fingerprint density at radius 3 is 2.62 bits per heavy atom. The molecule has 0 fully saturated rings. The number of sulfonamides is 1. The van der Waals surface area contributed by atoms with E-state index in [4.69, 9.17) is 4.74 Å². The van der Waals surface area contributed by atoms with Gasteiger partial charge in [0.2, 0.25) is 0 Å². The number of urea groups is 1. The fraction of sp³-hybridized carbons (Fsp3) is 0.542. The number of carbonyl (C=O) groups is 2. The van der Waals surface area contributed by atoms with E-state index in [1.807, 2.05) is 20.8 Å². The topological polar surface area (TPSA) is 146 Å². The molecule has 1 aliphatic heterocycles. The van der Waals surface area contributed by atoms with Gasteiger partial charge in [-0.25, -0.2) is 9.78 Å². The summed E-state index contributed by atoms with van der Waals surface area (Å²) < 4.78 is 35.8. The number of hydrogen-bond acceptors (Lipinski definition) is 7. The number of aliphatic hydroxyl groups is 1. The Balaban J connectivity index is 1.96. The predicted octanol–water partition coefficient (Wildman–Crippen LogP) is 1.49. The molecule has 12 nitrogen and oxygen atoms in total. The first-order chi connectivity index (χ1) is 17.3. The van der Waals surface area contributed by atoms with Crippen molar-refractivity contribution in [3.63, 3.8) is 0 Å². The van der Waals surface area contributed by atoms with Gasteiger partial charge in [0.15, 0.2) is 5.03 Å². The van der Waals surface area contributed by atoms with Crippen LogP contribution in [0.3, 0.4) is 0 Å². The van der Waals surface area contributed by atoms with Gasteiger partial charge in [0, 0.05) is 44.5 Å². The van der Waals surface area contributed by atoms with E-state index in [2.05, 4.69) is 15.0 Å². The fourth-order valence-electron chi connectivity index (χ4n) is 3.95. The summed E-state index contributed by atoms with van der Waals surface area (Å²) in [6, 6.07) is 3.69. The standard InChI is InChI=1S/C24H36N6O6S/c1-15(2)26-24(33)29(6)11-21-16(3)10-30(17(4)13-31)23(32)19-9-18(7-8-20(19)36-21)27-37(34,35)22-12-28(5)14-25-22/h7-9,12,14-17,21,27,31H,10-11,13H2,1-6H3,(H,26,33)/t16-,17-,21-/m1/s1. The maximum absolute atomic E-state index is 13.6. The van der Waals surface area contributed by atoms with Crippen LogP contribution < -0.4 is 14.8 Å². The molecule has 3 amide bonds. The SMILES string of the molecule is CC(C)NC(=O)N(C)C[C@H]1Oc2ccc(NS(=O)(=O)c3cn(C)cn3)cc2C(=O)N([C@H](C)CO)C[C@H]1C. The zero-order valence-corrected chi connectivity index (χ0v) is 22.8. The summed E-state index contributed by atoms with van der Waals surface area (Å²) in [7, 11) is -0.654. The zero-order valence-electron chi connectivity index (χ0n) is 22.0. The number of hydrogen-bond donors (Lipinski definition) is 3. The van der Waals surface area contributed by atoms with E-state index in [0.717, 1.165) is 0 Å². The van der Waals surface area contributed by atoms with Crippen LogP contribution in [0.4, 0.5) is 10.5 Å². The van der Waals surface area contributed by atoms with Crippen molar-refractivity contribution >= 4 is 27.6 Å². The third-order valence-electron chi connectivity index (χ3n) is 6.09. The molecule has 1 aliphatic rings. The van der Waals surface area contributed by atoms with E-state index >= 15 is 0 Å². The van der Waals surface area contributed by atoms with E-state index < -0.39 is 28.1 Å². The Hall–Kier alpha value is -3.32. The minimum absolute atomic E-state index is 0.0295. The summed E-state index contributed by atoms with van der Waals surface area (Å²) in [5, 5.41) is 12.5. The number of nitrogens with one attached hydrogen (secondary N) is 2. The van der Waals surface area contributed by atoms with E-state index in [0.29, 0.717) is 0 Å². The van der Waals surface area contributed by atoms with Gasteiger partial charge in [0.1, 0.15) is 11.9 Å². The molecular weight excluding hydrogens is 500 g/mol. The maximum atomic E-state index is 13.6. The minimum atomic E-state index is -3.98. The number of aliphatic hydroxyl groups excluding tert-OH is 1. The normalized spacial score (nSPS) is 18.9. The van der Waals surface area contributed by atoms with Crippen LogP contribution in [0.25, 0.3) is 0 Å². The number of anilines is 1. The van der Waals surface area contributed by atoms with Crippen molar-refractivity contribution in [3.8, 4) is 5.75 Å². The van der Waals surface area contributed by atoms with Gasteiger partial charge in [-0.05, 0) is 39.0 Å². The quantitative estimate of drug-likeness (QED) is 0.463. The lowest BCUT2D eigenvalue weighted by Gasteiger charge is -2.38. The van der Waals surface area contributed by atoms with Crippen molar-refractivity contribution in [1.82, 2.24) is 24.7 Å². The van der Waals surface area contributed by atoms with Crippen molar-refractivity contribution in [2.45, 2.75) is 50.9 Å². The maximum Gasteiger partial charge on any atom is 0.317 e. The van der Waals surface area contributed by atoms with Crippen LogP contribution in [0.15, 0.2) is 35.7 Å². The molecule has 2 heterocycles. The van der Waals surface area contributed by atoms with Crippen molar-refractivity contribution in [2.75, 3.05) is 31.5 Å². The first-order valence-electron chi connectivity index (χ1n) is 12.1. The second kappa shape index (κ2) is 11.4. The highest BCUT2D eigenvalue weighted by molar-refractivity contribution is 7.92. The average Bonchev–Trinajstić information content (AvgIpc) is 3.27. The highest BCUT2D eigenvalue weighted by Crippen LogP contribution is 2.31. The Morgan fingerprint density at radius 1 is 1.32 bits per heavy atom. The predicted molar refractivity (Wildman–Crippen MR) is 138 cm³/mol. The van der Waals surface area contributed by atoms with Gasteiger partial charge in [-0.15, -0.1) is 0 Å². The molecule has 3 rings (SSSR count). The first kappa shape index (κ1) is 28.3. The van der Waals surface area contributed by atoms with Crippen molar-refractivity contribution < 1.29 is 27.9 Å². The first-order valence-corrected chi connectivity index (χ1v) is 13.6. The molecule has 204 valence electrons. The lowest BCUT2D eigenvalue weighted by atomic mass is 9.99. The molecule has 13 heteroatoms. The molecule has 3 N–H and O–H groups in total. The van der Waals surface area contributed by atoms with Gasteiger partial charge in [-0.1, -0.05) is 6.92 Å². The summed E-state index contributed by atoms with van der Waals surface area (Å²) in [6.45, 7) is 7.67. The largest absolute Gasteiger partial charge is 0.487 e. The summed E-state index contributed by atoms with van der Waals surface area (Å²) in [5.41, 5.74) is 0.310. The zero-order chi connectivity index (χ0) is 27.5. The number of likely N-dealkylation sites (N-methyl/N-ethyl adjacent to an activating group) is 1. The molecule has 37 heavy (non-hydrogen) atoms. The minimum Gasteiger partial charge on any atom is -0.487 e. The van der Waals surface area contributed by atoms with Crippen molar-refractivity contribution in [3.05, 3.63) is 36.3 Å². The van der Waals surface area contributed by atoms with E-state index in [-0.39, 0.29) is 59.7 Å². The number of imidazole rings is 1. The van der Waals surface area contributed by atoms with Crippen LogP contribution in [0.1, 0.15) is 38.1 Å². The molecule has 0 unspecified atom stereocenters. The number of benzene rings is 1. The molecule has 0 bridgehead atoms. The van der Waals surface area contributed by atoms with Gasteiger partial charge in [0.25, 0.3) is 15.9 Å². The van der Waals surface area contributed by atoms with E-state index in [1.165, 1.54) is 40.2 Å². The Kier molecular flexibility index (Phi) is 8.69. The summed E-state index contributed by atoms with van der Waals surface area (Å²) in [4.78, 5) is 33.0. The van der Waals surface area contributed by atoms with E-state index in [9.17, 15) is 23.1 Å². The number of carbonyl (C=O) groups excluding carboxylic acids is 2. The molecule has 1 aromatic heterocycles. The number of rotatable bonds is 8. The smallest absolute Gasteiger partial charge is 0.317 e. The number of aryl methyl sites for hydroxylation is 1. The molecule has 2 aromatic rings. The van der Waals surface area contributed by atoms with Gasteiger partial charge in [-0.2, -0.15) is 8.42 Å². The Morgan fingerprint density at radius 2 is 2.03 bits per heavy atom. The van der Waals surface area contributed by atoms with Gasteiger partial charge >= 0.3 is 6.03 Å². The third kappa shape index (κ3) is 6.72. The van der Waals surface area contributed by atoms with Crippen LogP contribution in [0, 0.1) is 5.92 Å². The average molecular weight is 537 g/mol. The molecule has 0 aliphatic carbocycles. The number of amides is 3. The van der Waals surface area contributed by atoms with Crippen molar-refractivity contribution in [2.24, 2.45) is 13.0 Å². The van der Waals surface area contributed by atoms with Crippen LogP contribution in [-0.4, -0.2) is 89.7 Å². The molecule has 1 aromatic carbocycles. The highest BCUT2D eigenvalue weighted by atomic mass is 32.2. The van der Waals surface area contributed by atoms with Gasteiger partial charge in [0.05, 0.1) is 31.1 Å². The Labute approximate surface area is 217 Å². The van der Waals surface area contributed by atoms with Crippen LogP contribution in [-0.2, 0) is 17.1 Å². The monoisotopic (exact) mass is 536 g/mol. The molecule has 3 atom stereocenters. The number of aromatic nitrogens is 2. The molecule has 0 radical (unpaired) electrons. The number of ether oxygens (including phenoxy) is 1. The summed E-state index contributed by atoms with van der Waals surface area (Å²) in [5.74, 6) is -0.315. The Bertz CT molecular complexity index is 1230.